The zero-order valence-electron chi connectivity index (χ0n) is 52.0. The maximum absolute atomic E-state index is 13.1. The Bertz CT molecular complexity index is 3030. The molecule has 22 nitrogen and oxygen atoms in total. The Morgan fingerprint density at radius 3 is 0.753 bits per heavy atom. The van der Waals surface area contributed by atoms with E-state index < -0.39 is 0 Å². The van der Waals surface area contributed by atoms with Crippen molar-refractivity contribution in [2.24, 2.45) is 47.9 Å². The predicted molar refractivity (Wildman–Crippen MR) is 362 cm³/mol. The van der Waals surface area contributed by atoms with E-state index in [1.54, 1.807) is 92.4 Å². The molecule has 0 heterocycles. The smallest absolute Gasteiger partial charge is 0.251 e. The van der Waals surface area contributed by atoms with Crippen LogP contribution in [-0.2, 0) is 0 Å². The lowest BCUT2D eigenvalue weighted by Crippen LogP contribution is -2.41. The molecular formula is C67H93N17O5. The van der Waals surface area contributed by atoms with Crippen molar-refractivity contribution >= 4 is 60.5 Å². The number of carbonyl (C=O) groups is 5. The van der Waals surface area contributed by atoms with E-state index in [1.807, 2.05) is 73.8 Å². The van der Waals surface area contributed by atoms with Gasteiger partial charge in [-0.05, 0) is 90.2 Å². The summed E-state index contributed by atoms with van der Waals surface area (Å²) < 4.78 is 0. The maximum atomic E-state index is 13.1. The summed E-state index contributed by atoms with van der Waals surface area (Å²) in [6.45, 7) is 18.1. The van der Waals surface area contributed by atoms with Gasteiger partial charge in [-0.25, -0.2) is 0 Å². The minimum atomic E-state index is -0.183. The van der Waals surface area contributed by atoms with E-state index in [2.05, 4.69) is 65.8 Å². The third-order valence-electron chi connectivity index (χ3n) is 14.2. The van der Waals surface area contributed by atoms with Crippen LogP contribution in [0.4, 0.5) is 0 Å². The van der Waals surface area contributed by atoms with Gasteiger partial charge in [0.15, 0.2) is 5.78 Å². The first-order chi connectivity index (χ1) is 43.4. The summed E-state index contributed by atoms with van der Waals surface area (Å²) in [6.07, 6.45) is 9.01. The number of nitrogens with one attached hydrogen (secondary N) is 4. The first-order valence-electron chi connectivity index (χ1n) is 30.7. The molecule has 0 radical (unpaired) electrons. The van der Waals surface area contributed by atoms with E-state index in [9.17, 15) is 24.0 Å². The van der Waals surface area contributed by atoms with Gasteiger partial charge in [-0.2, -0.15) is 0 Å². The molecule has 0 saturated heterocycles. The van der Waals surface area contributed by atoms with Crippen molar-refractivity contribution in [2.75, 3.05) is 164 Å². The van der Waals surface area contributed by atoms with Crippen LogP contribution in [-0.4, -0.2) is 244 Å². The van der Waals surface area contributed by atoms with Gasteiger partial charge in [-0.1, -0.05) is 72.8 Å². The molecule has 22 heteroatoms. The van der Waals surface area contributed by atoms with E-state index >= 15 is 0 Å². The maximum Gasteiger partial charge on any atom is 0.251 e. The van der Waals surface area contributed by atoms with Crippen molar-refractivity contribution in [3.8, 4) is 0 Å². The van der Waals surface area contributed by atoms with Crippen molar-refractivity contribution in [2.45, 2.75) is 13.8 Å². The Morgan fingerprint density at radius 2 is 0.539 bits per heavy atom. The van der Waals surface area contributed by atoms with Crippen LogP contribution in [0.1, 0.15) is 93.5 Å². The van der Waals surface area contributed by atoms with Crippen LogP contribution >= 0.6 is 0 Å². The third-order valence-corrected chi connectivity index (χ3v) is 14.2. The monoisotopic (exact) mass is 1220 g/mol. The lowest BCUT2D eigenvalue weighted by atomic mass is 10.1. The highest BCUT2D eigenvalue weighted by Crippen LogP contribution is 2.08. The Balaban J connectivity index is 0.921. The average molecular weight is 1220 g/mol. The zero-order chi connectivity index (χ0) is 63.7. The van der Waals surface area contributed by atoms with Crippen LogP contribution in [0.5, 0.6) is 0 Å². The minimum absolute atomic E-state index is 0.0376. The van der Waals surface area contributed by atoms with E-state index in [4.69, 9.17) is 22.9 Å². The molecule has 0 fully saturated rings. The number of aliphatic imine (C=N–C) groups is 5. The molecule has 4 amide bonds. The molecule has 5 aromatic rings. The number of amides is 4. The van der Waals surface area contributed by atoms with E-state index in [0.717, 1.165) is 47.5 Å². The van der Waals surface area contributed by atoms with Gasteiger partial charge >= 0.3 is 0 Å². The molecular weight excluding hydrogens is 1120 g/mol. The van der Waals surface area contributed by atoms with Gasteiger partial charge in [0.1, 0.15) is 0 Å². The molecule has 0 spiro atoms. The normalized spacial score (nSPS) is 11.9. The standard InChI is InChI=1S/C67H93N17O5/c1-3-72-48-54-6-16-60(17-7-54)64(86)77-32-44-83(38-26-70)45-33-78-65(87)61-20-10-57(11-21-61)51-75-30-42-82(37-25-69)43-31-76-52-58-12-22-63(23-13-58)67(89)80-35-47-84(39-27-71)46-34-79-66(88)62-18-8-56(9-19-62)50-74-29-41-81(36-24-68)40-28-73-49-55-4-14-59(15-5-55)53(2)85/h4-23,48-52H,3,24-47,68-71H2,1-2H3,(H,77,86)(H,78,87)(H,79,88)(H,80,89)/b72-48+,73-49+,74-50+,75-51+,76-52+. The number of ketones is 1. The van der Waals surface area contributed by atoms with Gasteiger partial charge in [0.05, 0.1) is 26.2 Å². The SMILES string of the molecule is CC/N=C/c1ccc(C(=O)NCCN(CCN)CCNC(=O)c2ccc(/C=N/CCN(CCN)CC/N=C/c3ccc(C(=O)NCCN(CCN)CCNC(=O)c4ccc(/C=N/CCN(CCN)CC/N=C/c5ccc(C(C)=O)cc5)cc4)cc3)cc2)cc1. The number of hydrogen-bond donors (Lipinski definition) is 8. The second-order valence-corrected chi connectivity index (χ2v) is 21.0. The van der Waals surface area contributed by atoms with Crippen molar-refractivity contribution in [1.82, 2.24) is 40.9 Å². The summed E-state index contributed by atoms with van der Waals surface area (Å²) in [5.74, 6) is -0.643. The summed E-state index contributed by atoms with van der Waals surface area (Å²) in [5.41, 5.74) is 31.0. The van der Waals surface area contributed by atoms with Gasteiger partial charge in [0, 0.05) is 196 Å². The van der Waals surface area contributed by atoms with Crippen LogP contribution in [0.25, 0.3) is 0 Å². The fourth-order valence-corrected chi connectivity index (χ4v) is 9.15. The third kappa shape index (κ3) is 28.6. The van der Waals surface area contributed by atoms with E-state index in [-0.39, 0.29) is 29.4 Å². The number of nitrogens with two attached hydrogens (primary N) is 4. The number of Topliss-reactive ketones (excluding diaryl/α,β-unsaturated/α-hetero) is 1. The minimum Gasteiger partial charge on any atom is -0.351 e. The van der Waals surface area contributed by atoms with Crippen LogP contribution in [0.3, 0.4) is 0 Å². The average Bonchev–Trinajstić information content (AvgIpc) is 3.76. The molecule has 476 valence electrons. The van der Waals surface area contributed by atoms with E-state index in [0.29, 0.717) is 172 Å². The van der Waals surface area contributed by atoms with Crippen molar-refractivity contribution in [1.29, 1.82) is 0 Å². The first kappa shape index (κ1) is 71.4. The second kappa shape index (κ2) is 42.5. The lowest BCUT2D eigenvalue weighted by Gasteiger charge is -2.22. The largest absolute Gasteiger partial charge is 0.351 e. The Hall–Kier alpha value is -8.32. The summed E-state index contributed by atoms with van der Waals surface area (Å²) in [5, 5.41) is 11.9. The Morgan fingerprint density at radius 1 is 0.326 bits per heavy atom. The number of carbonyl (C=O) groups excluding carboxylic acids is 5. The van der Waals surface area contributed by atoms with Crippen molar-refractivity contribution in [3.63, 3.8) is 0 Å². The number of nitrogens with zero attached hydrogens (tertiary/aromatic N) is 9. The Labute approximate surface area is 525 Å². The number of rotatable bonds is 43. The molecule has 0 saturated carbocycles. The summed E-state index contributed by atoms with van der Waals surface area (Å²) in [6, 6.07) is 36.6. The summed E-state index contributed by atoms with van der Waals surface area (Å²) >= 11 is 0. The lowest BCUT2D eigenvalue weighted by molar-refractivity contribution is 0.0932. The van der Waals surface area contributed by atoms with Crippen LogP contribution in [0, 0.1) is 0 Å². The van der Waals surface area contributed by atoms with Crippen molar-refractivity contribution in [3.05, 3.63) is 177 Å². The summed E-state index contributed by atoms with van der Waals surface area (Å²) in [7, 11) is 0. The van der Waals surface area contributed by atoms with Crippen LogP contribution < -0.4 is 44.2 Å². The van der Waals surface area contributed by atoms with Gasteiger partial charge in [-0.15, -0.1) is 0 Å². The van der Waals surface area contributed by atoms with Crippen molar-refractivity contribution < 1.29 is 24.0 Å². The fraction of sp³-hybridized carbons (Fsp3) is 0.403. The predicted octanol–water partition coefficient (Wildman–Crippen LogP) is 2.77. The Kier molecular flexibility index (Phi) is 34.1. The van der Waals surface area contributed by atoms with Crippen LogP contribution in [0.15, 0.2) is 146 Å². The molecule has 0 aliphatic rings. The first-order valence-corrected chi connectivity index (χ1v) is 30.7. The van der Waals surface area contributed by atoms with Crippen LogP contribution in [0.2, 0.25) is 0 Å². The molecule has 0 atom stereocenters. The molecule has 89 heavy (non-hydrogen) atoms. The highest BCUT2D eigenvalue weighted by molar-refractivity contribution is 5.97. The topological polar surface area (TPSA) is 312 Å². The second-order valence-electron chi connectivity index (χ2n) is 21.0. The summed E-state index contributed by atoms with van der Waals surface area (Å²) in [4.78, 5) is 94.5. The number of hydrogen-bond acceptors (Lipinski definition) is 18. The molecule has 0 unspecified atom stereocenters. The molecule has 12 N–H and O–H groups in total. The highest BCUT2D eigenvalue weighted by Gasteiger charge is 2.13. The molecule has 5 rings (SSSR count). The quantitative estimate of drug-likeness (QED) is 0.0206. The van der Waals surface area contributed by atoms with Gasteiger partial charge in [0.2, 0.25) is 0 Å². The highest BCUT2D eigenvalue weighted by atomic mass is 16.2. The molecule has 0 bridgehead atoms. The molecule has 0 aromatic heterocycles. The fourth-order valence-electron chi connectivity index (χ4n) is 9.15. The van der Waals surface area contributed by atoms with E-state index in [1.165, 1.54) is 0 Å². The molecule has 0 aliphatic heterocycles. The zero-order valence-corrected chi connectivity index (χ0v) is 52.0. The van der Waals surface area contributed by atoms with Gasteiger partial charge in [0.25, 0.3) is 23.6 Å². The molecule has 5 aromatic carbocycles. The van der Waals surface area contributed by atoms with Gasteiger partial charge < -0.3 is 44.2 Å². The number of benzene rings is 5. The van der Waals surface area contributed by atoms with Gasteiger partial charge in [-0.3, -0.25) is 68.5 Å². The molecule has 0 aliphatic carbocycles.